The highest BCUT2D eigenvalue weighted by molar-refractivity contribution is 7.92. The molecular weight excluding hydrogens is 470 g/mol. The summed E-state index contributed by atoms with van der Waals surface area (Å²) in [5, 5.41) is 3.57. The van der Waals surface area contributed by atoms with Gasteiger partial charge in [0.2, 0.25) is 22.8 Å². The number of hydrogen-bond donors (Lipinski definition) is 2. The topological polar surface area (TPSA) is 115 Å². The van der Waals surface area contributed by atoms with E-state index >= 15 is 0 Å². The minimum atomic E-state index is -3.40. The zero-order valence-corrected chi connectivity index (χ0v) is 19.5. The first-order valence-electron chi connectivity index (χ1n) is 9.86. The van der Waals surface area contributed by atoms with Crippen molar-refractivity contribution in [2.75, 3.05) is 48.2 Å². The zero-order chi connectivity index (χ0) is 23.4. The summed E-state index contributed by atoms with van der Waals surface area (Å²) in [6, 6.07) is 12.0. The van der Waals surface area contributed by atoms with E-state index in [-0.39, 0.29) is 6.79 Å². The Hall–Kier alpha value is -3.28. The number of sulfonamides is 1. The van der Waals surface area contributed by atoms with Crippen LogP contribution in [0.5, 0.6) is 11.5 Å². The summed E-state index contributed by atoms with van der Waals surface area (Å²) < 4.78 is 41.9. The molecule has 2 heterocycles. The number of halogens is 1. The molecule has 10 nitrogen and oxygen atoms in total. The van der Waals surface area contributed by atoms with Crippen LogP contribution in [-0.2, 0) is 14.8 Å². The van der Waals surface area contributed by atoms with Crippen LogP contribution in [0.15, 0.2) is 48.7 Å². The number of hydrogen-bond acceptors (Lipinski definition) is 9. The number of methoxy groups -OCH3 is 1. The van der Waals surface area contributed by atoms with Gasteiger partial charge in [-0.05, 0) is 36.4 Å². The molecule has 0 saturated heterocycles. The number of aromatic nitrogens is 2. The lowest BCUT2D eigenvalue weighted by Crippen LogP contribution is -2.24. The molecule has 0 spiro atoms. The standard InChI is InChI=1S/C21H22ClN5O5S/c1-30-11-10-27(19-16(22)6-7-17-20(19)32-13-31-17)18-8-9-23-21(25-18)24-14-4-3-5-15(12-14)26-33(2,28)29/h3-9,12,26H,10-11,13H2,1-2H3,(H,23,24,25). The summed E-state index contributed by atoms with van der Waals surface area (Å²) in [5.74, 6) is 2.00. The molecule has 12 heteroatoms. The van der Waals surface area contributed by atoms with Crippen molar-refractivity contribution in [3.05, 3.63) is 53.7 Å². The van der Waals surface area contributed by atoms with Gasteiger partial charge < -0.3 is 24.4 Å². The highest BCUT2D eigenvalue weighted by atomic mass is 35.5. The lowest BCUT2D eigenvalue weighted by atomic mass is 10.2. The van der Waals surface area contributed by atoms with Crippen LogP contribution >= 0.6 is 11.6 Å². The number of nitrogens with zero attached hydrogens (tertiary/aromatic N) is 3. The van der Waals surface area contributed by atoms with Crippen LogP contribution in [-0.4, -0.2) is 51.7 Å². The molecule has 1 aromatic heterocycles. The third kappa shape index (κ3) is 5.56. The molecule has 0 radical (unpaired) electrons. The van der Waals surface area contributed by atoms with E-state index in [9.17, 15) is 8.42 Å². The molecule has 33 heavy (non-hydrogen) atoms. The van der Waals surface area contributed by atoms with Crippen LogP contribution in [0, 0.1) is 0 Å². The average Bonchev–Trinajstić information content (AvgIpc) is 3.23. The molecule has 0 amide bonds. The first kappa shape index (κ1) is 22.9. The summed E-state index contributed by atoms with van der Waals surface area (Å²) in [5.41, 5.74) is 1.65. The molecule has 3 aromatic rings. The quantitative estimate of drug-likeness (QED) is 0.461. The third-order valence-corrected chi connectivity index (χ3v) is 5.50. The summed E-state index contributed by atoms with van der Waals surface area (Å²) in [6.45, 7) is 0.961. The Morgan fingerprint density at radius 1 is 1.18 bits per heavy atom. The first-order chi connectivity index (χ1) is 15.8. The molecule has 0 aliphatic carbocycles. The van der Waals surface area contributed by atoms with Gasteiger partial charge in [-0.1, -0.05) is 17.7 Å². The van der Waals surface area contributed by atoms with E-state index in [1.54, 1.807) is 55.8 Å². The smallest absolute Gasteiger partial charge is 0.231 e. The second-order valence-electron chi connectivity index (χ2n) is 7.09. The fraction of sp³-hybridized carbons (Fsp3) is 0.238. The van der Waals surface area contributed by atoms with Gasteiger partial charge in [-0.15, -0.1) is 0 Å². The van der Waals surface area contributed by atoms with Gasteiger partial charge in [-0.25, -0.2) is 13.4 Å². The molecule has 1 aliphatic heterocycles. The summed E-state index contributed by atoms with van der Waals surface area (Å²) >= 11 is 6.54. The van der Waals surface area contributed by atoms with Crippen molar-refractivity contribution in [1.82, 2.24) is 9.97 Å². The Morgan fingerprint density at radius 3 is 2.79 bits per heavy atom. The average molecular weight is 492 g/mol. The fourth-order valence-corrected chi connectivity index (χ4v) is 4.08. The van der Waals surface area contributed by atoms with Crippen molar-refractivity contribution in [1.29, 1.82) is 0 Å². The van der Waals surface area contributed by atoms with Crippen LogP contribution in [0.3, 0.4) is 0 Å². The third-order valence-electron chi connectivity index (χ3n) is 4.59. The number of anilines is 5. The molecule has 0 unspecified atom stereocenters. The van der Waals surface area contributed by atoms with E-state index in [0.717, 1.165) is 6.26 Å². The maximum Gasteiger partial charge on any atom is 0.231 e. The number of fused-ring (bicyclic) bond motifs is 1. The van der Waals surface area contributed by atoms with Gasteiger partial charge in [-0.2, -0.15) is 4.98 Å². The molecule has 1 aliphatic rings. The monoisotopic (exact) mass is 491 g/mol. The van der Waals surface area contributed by atoms with Crippen LogP contribution < -0.4 is 24.4 Å². The minimum Gasteiger partial charge on any atom is -0.454 e. The van der Waals surface area contributed by atoms with E-state index in [4.69, 9.17) is 25.8 Å². The maximum absolute atomic E-state index is 11.5. The predicted octanol–water partition coefficient (Wildman–Crippen LogP) is 3.76. The molecule has 0 saturated carbocycles. The predicted molar refractivity (Wildman–Crippen MR) is 127 cm³/mol. The lowest BCUT2D eigenvalue weighted by Gasteiger charge is -2.26. The van der Waals surface area contributed by atoms with Gasteiger partial charge in [0.25, 0.3) is 0 Å². The van der Waals surface area contributed by atoms with Crippen molar-refractivity contribution in [2.45, 2.75) is 0 Å². The molecule has 4 rings (SSSR count). The van der Waals surface area contributed by atoms with Gasteiger partial charge in [0.1, 0.15) is 11.5 Å². The van der Waals surface area contributed by atoms with Crippen LogP contribution in [0.2, 0.25) is 5.02 Å². The van der Waals surface area contributed by atoms with Gasteiger partial charge in [-0.3, -0.25) is 4.72 Å². The normalized spacial score (nSPS) is 12.5. The van der Waals surface area contributed by atoms with E-state index in [1.165, 1.54) is 0 Å². The number of rotatable bonds is 9. The molecule has 174 valence electrons. The molecule has 0 bridgehead atoms. The second-order valence-corrected chi connectivity index (χ2v) is 9.25. The Labute approximate surface area is 196 Å². The van der Waals surface area contributed by atoms with Crippen molar-refractivity contribution < 1.29 is 22.6 Å². The fourth-order valence-electron chi connectivity index (χ4n) is 3.27. The van der Waals surface area contributed by atoms with Gasteiger partial charge in [0.15, 0.2) is 11.5 Å². The minimum absolute atomic E-state index is 0.106. The Kier molecular flexibility index (Phi) is 6.72. The summed E-state index contributed by atoms with van der Waals surface area (Å²) in [6.07, 6.45) is 2.70. The number of nitrogens with one attached hydrogen (secondary N) is 2. The molecular formula is C21H22ClN5O5S. The van der Waals surface area contributed by atoms with Crippen molar-refractivity contribution in [3.63, 3.8) is 0 Å². The largest absolute Gasteiger partial charge is 0.454 e. The van der Waals surface area contributed by atoms with Gasteiger partial charge in [0, 0.05) is 25.5 Å². The van der Waals surface area contributed by atoms with E-state index < -0.39 is 10.0 Å². The lowest BCUT2D eigenvalue weighted by molar-refractivity contribution is 0.174. The highest BCUT2D eigenvalue weighted by Gasteiger charge is 2.26. The molecule has 0 atom stereocenters. The first-order valence-corrected chi connectivity index (χ1v) is 12.1. The maximum atomic E-state index is 11.5. The number of benzene rings is 2. The van der Waals surface area contributed by atoms with E-state index in [0.29, 0.717) is 58.5 Å². The van der Waals surface area contributed by atoms with Gasteiger partial charge >= 0.3 is 0 Å². The Bertz CT molecular complexity index is 1260. The van der Waals surface area contributed by atoms with Crippen molar-refractivity contribution in [2.24, 2.45) is 0 Å². The van der Waals surface area contributed by atoms with E-state index in [1.807, 2.05) is 4.90 Å². The van der Waals surface area contributed by atoms with Gasteiger partial charge in [0.05, 0.1) is 23.6 Å². The Morgan fingerprint density at radius 2 is 2.00 bits per heavy atom. The molecule has 2 N–H and O–H groups in total. The van der Waals surface area contributed by atoms with Crippen LogP contribution in [0.4, 0.5) is 28.8 Å². The summed E-state index contributed by atoms with van der Waals surface area (Å²) in [7, 11) is -1.79. The Balaban J connectivity index is 1.66. The molecule has 0 fully saturated rings. The van der Waals surface area contributed by atoms with Crippen molar-refractivity contribution in [3.8, 4) is 11.5 Å². The molecule has 2 aromatic carbocycles. The SMILES string of the molecule is COCCN(c1ccnc(Nc2cccc(NS(C)(=O)=O)c2)n1)c1c(Cl)ccc2c1OCO2. The van der Waals surface area contributed by atoms with Crippen molar-refractivity contribution >= 4 is 50.5 Å². The zero-order valence-electron chi connectivity index (χ0n) is 17.9. The van der Waals surface area contributed by atoms with Crippen LogP contribution in [0.1, 0.15) is 0 Å². The second kappa shape index (κ2) is 9.69. The summed E-state index contributed by atoms with van der Waals surface area (Å²) in [4.78, 5) is 10.8. The number of ether oxygens (including phenoxy) is 3. The van der Waals surface area contributed by atoms with E-state index in [2.05, 4.69) is 20.0 Å². The highest BCUT2D eigenvalue weighted by Crippen LogP contribution is 2.47. The van der Waals surface area contributed by atoms with Crippen LogP contribution in [0.25, 0.3) is 0 Å².